The minimum Gasteiger partial charge on any atom is -0.333 e. The van der Waals surface area contributed by atoms with Crippen LogP contribution >= 0.6 is 35.6 Å². The van der Waals surface area contributed by atoms with Crippen LogP contribution in [0.15, 0.2) is 53.4 Å². The van der Waals surface area contributed by atoms with E-state index in [0.717, 1.165) is 17.3 Å². The third-order valence-corrected chi connectivity index (χ3v) is 9.11. The fourth-order valence-electron chi connectivity index (χ4n) is 3.86. The predicted octanol–water partition coefficient (Wildman–Crippen LogP) is 3.90. The molecular formula is C23H20ClFN2O4S3. The Bertz CT molecular complexity index is 1260. The number of carbonyl (C=O) groups excluding carboxylic acids is 2. The molecule has 0 spiro atoms. The van der Waals surface area contributed by atoms with Gasteiger partial charge in [-0.25, -0.2) is 12.8 Å². The number of halogens is 2. The molecule has 0 bridgehead atoms. The number of thiocarbonyl (C=S) groups is 1. The zero-order valence-corrected chi connectivity index (χ0v) is 21.0. The van der Waals surface area contributed by atoms with Gasteiger partial charge in [-0.1, -0.05) is 72.0 Å². The van der Waals surface area contributed by atoms with Crippen molar-refractivity contribution >= 4 is 67.6 Å². The number of hydrogen-bond acceptors (Lipinski definition) is 6. The van der Waals surface area contributed by atoms with Crippen molar-refractivity contribution in [1.29, 1.82) is 0 Å². The molecule has 1 unspecified atom stereocenters. The van der Waals surface area contributed by atoms with Crippen LogP contribution < -0.4 is 0 Å². The summed E-state index contributed by atoms with van der Waals surface area (Å²) in [6.07, 6.45) is 1.93. The topological polar surface area (TPSA) is 74.8 Å². The maximum atomic E-state index is 14.5. The summed E-state index contributed by atoms with van der Waals surface area (Å²) in [4.78, 5) is 29.2. The Morgan fingerprint density at radius 3 is 2.62 bits per heavy atom. The van der Waals surface area contributed by atoms with Crippen LogP contribution in [0.1, 0.15) is 17.5 Å². The van der Waals surface area contributed by atoms with Gasteiger partial charge in [-0.2, -0.15) is 0 Å². The molecule has 1 atom stereocenters. The van der Waals surface area contributed by atoms with Gasteiger partial charge in [0.2, 0.25) is 5.91 Å². The third-order valence-electron chi connectivity index (χ3n) is 5.62. The maximum absolute atomic E-state index is 14.5. The zero-order valence-electron chi connectivity index (χ0n) is 17.8. The molecule has 0 aromatic heterocycles. The molecule has 2 fully saturated rings. The minimum atomic E-state index is -3.32. The van der Waals surface area contributed by atoms with E-state index >= 15 is 0 Å². The number of carbonyl (C=O) groups is 2. The Hall–Kier alpha value is -2.27. The molecule has 2 aromatic carbocycles. The van der Waals surface area contributed by atoms with Crippen LogP contribution in [-0.2, 0) is 26.0 Å². The standard InChI is InChI=1S/C23H20ClFN2O4S3/c24-18-7-4-8-19(25)17(18)12-26(16-9-10-34(30,31)14-16)21(28)13-27-22(29)20(33-23(27)32)11-15-5-2-1-3-6-15/h1-8,11,16H,9-10,12-14H2/b20-11-. The van der Waals surface area contributed by atoms with E-state index in [-0.39, 0.29) is 45.9 Å². The van der Waals surface area contributed by atoms with Crippen molar-refractivity contribution in [1.82, 2.24) is 9.80 Å². The minimum absolute atomic E-state index is 0.0622. The van der Waals surface area contributed by atoms with Crippen LogP contribution in [0.2, 0.25) is 5.02 Å². The number of thioether (sulfide) groups is 1. The van der Waals surface area contributed by atoms with E-state index in [1.165, 1.54) is 28.0 Å². The smallest absolute Gasteiger partial charge is 0.266 e. The van der Waals surface area contributed by atoms with Crippen molar-refractivity contribution in [2.24, 2.45) is 0 Å². The van der Waals surface area contributed by atoms with Crippen molar-refractivity contribution in [3.05, 3.63) is 75.4 Å². The Labute approximate surface area is 211 Å². The lowest BCUT2D eigenvalue weighted by molar-refractivity contribution is -0.137. The van der Waals surface area contributed by atoms with Gasteiger partial charge in [-0.05, 0) is 30.2 Å². The molecule has 6 nitrogen and oxygen atoms in total. The van der Waals surface area contributed by atoms with Crippen molar-refractivity contribution in [2.45, 2.75) is 19.0 Å². The second-order valence-electron chi connectivity index (χ2n) is 7.96. The first-order valence-electron chi connectivity index (χ1n) is 10.4. The molecule has 0 N–H and O–H groups in total. The Balaban J connectivity index is 1.57. The van der Waals surface area contributed by atoms with Crippen LogP contribution in [0.25, 0.3) is 6.08 Å². The quantitative estimate of drug-likeness (QED) is 0.410. The molecule has 2 saturated heterocycles. The summed E-state index contributed by atoms with van der Waals surface area (Å²) in [6, 6.07) is 12.8. The number of rotatable bonds is 6. The van der Waals surface area contributed by atoms with Crippen LogP contribution in [0, 0.1) is 5.82 Å². The summed E-state index contributed by atoms with van der Waals surface area (Å²) in [6.45, 7) is -0.585. The highest BCUT2D eigenvalue weighted by Crippen LogP contribution is 2.33. The van der Waals surface area contributed by atoms with E-state index in [4.69, 9.17) is 23.8 Å². The first-order chi connectivity index (χ1) is 16.1. The first kappa shape index (κ1) is 24.8. The van der Waals surface area contributed by atoms with Gasteiger partial charge in [-0.3, -0.25) is 14.5 Å². The molecule has 0 saturated carbocycles. The largest absolute Gasteiger partial charge is 0.333 e. The van der Waals surface area contributed by atoms with Gasteiger partial charge in [0, 0.05) is 16.6 Å². The summed E-state index contributed by atoms with van der Waals surface area (Å²) < 4.78 is 38.9. The van der Waals surface area contributed by atoms with Crippen LogP contribution in [-0.4, -0.2) is 58.4 Å². The fourth-order valence-corrected chi connectivity index (χ4v) is 7.07. The average molecular weight is 539 g/mol. The monoisotopic (exact) mass is 538 g/mol. The molecule has 2 aliphatic rings. The number of benzene rings is 2. The lowest BCUT2D eigenvalue weighted by atomic mass is 10.1. The molecule has 178 valence electrons. The Morgan fingerprint density at radius 1 is 1.24 bits per heavy atom. The SMILES string of the molecule is O=C1/C(=C/c2ccccc2)SC(=S)N1CC(=O)N(Cc1c(F)cccc1Cl)C1CCS(=O)(=O)C1. The van der Waals surface area contributed by atoms with Gasteiger partial charge >= 0.3 is 0 Å². The second-order valence-corrected chi connectivity index (χ2v) is 12.3. The molecule has 11 heteroatoms. The number of sulfone groups is 1. The Kier molecular flexibility index (Phi) is 7.42. The van der Waals surface area contributed by atoms with E-state index in [0.29, 0.717) is 4.91 Å². The van der Waals surface area contributed by atoms with Crippen LogP contribution in [0.5, 0.6) is 0 Å². The summed E-state index contributed by atoms with van der Waals surface area (Å²) in [5, 5.41) is 0.134. The summed E-state index contributed by atoms with van der Waals surface area (Å²) >= 11 is 12.6. The van der Waals surface area contributed by atoms with Crippen LogP contribution in [0.3, 0.4) is 0 Å². The number of amides is 2. The lowest BCUT2D eigenvalue weighted by Gasteiger charge is -2.30. The Morgan fingerprint density at radius 2 is 1.97 bits per heavy atom. The molecule has 0 aliphatic carbocycles. The summed E-state index contributed by atoms with van der Waals surface area (Å²) in [5.41, 5.74) is 0.914. The molecule has 4 rings (SSSR count). The van der Waals surface area contributed by atoms with Gasteiger partial charge in [0.25, 0.3) is 5.91 Å². The lowest BCUT2D eigenvalue weighted by Crippen LogP contribution is -2.47. The third kappa shape index (κ3) is 5.51. The molecule has 0 radical (unpaired) electrons. The molecule has 2 aromatic rings. The molecular weight excluding hydrogens is 519 g/mol. The van der Waals surface area contributed by atoms with Crippen molar-refractivity contribution < 1.29 is 22.4 Å². The van der Waals surface area contributed by atoms with Gasteiger partial charge in [0.1, 0.15) is 16.7 Å². The summed E-state index contributed by atoms with van der Waals surface area (Å²) in [7, 11) is -3.32. The van der Waals surface area contributed by atoms with Gasteiger partial charge in [0.15, 0.2) is 9.84 Å². The van der Waals surface area contributed by atoms with Gasteiger partial charge in [0.05, 0.1) is 23.0 Å². The molecule has 2 aliphatic heterocycles. The van der Waals surface area contributed by atoms with Crippen LogP contribution in [0.4, 0.5) is 4.39 Å². The number of nitrogens with zero attached hydrogens (tertiary/aromatic N) is 2. The fraction of sp³-hybridized carbons (Fsp3) is 0.261. The highest BCUT2D eigenvalue weighted by atomic mass is 35.5. The van der Waals surface area contributed by atoms with Gasteiger partial charge < -0.3 is 4.90 Å². The number of hydrogen-bond donors (Lipinski definition) is 0. The first-order valence-corrected chi connectivity index (χ1v) is 13.8. The van der Waals surface area contributed by atoms with E-state index in [9.17, 15) is 22.4 Å². The normalized spacial score (nSPS) is 20.8. The van der Waals surface area contributed by atoms with Crippen molar-refractivity contribution in [2.75, 3.05) is 18.1 Å². The van der Waals surface area contributed by atoms with Gasteiger partial charge in [-0.15, -0.1) is 0 Å². The van der Waals surface area contributed by atoms with Crippen molar-refractivity contribution in [3.63, 3.8) is 0 Å². The molecule has 2 heterocycles. The highest BCUT2D eigenvalue weighted by Gasteiger charge is 2.39. The average Bonchev–Trinajstić information content (AvgIpc) is 3.27. The van der Waals surface area contributed by atoms with E-state index in [2.05, 4.69) is 0 Å². The molecule has 34 heavy (non-hydrogen) atoms. The second kappa shape index (κ2) is 10.2. The summed E-state index contributed by atoms with van der Waals surface area (Å²) in [5.74, 6) is -1.82. The van der Waals surface area contributed by atoms with E-state index in [1.54, 1.807) is 6.08 Å². The van der Waals surface area contributed by atoms with E-state index in [1.807, 2.05) is 30.3 Å². The maximum Gasteiger partial charge on any atom is 0.266 e. The van der Waals surface area contributed by atoms with Crippen molar-refractivity contribution in [3.8, 4) is 0 Å². The zero-order chi connectivity index (χ0) is 24.5. The van der Waals surface area contributed by atoms with E-state index < -0.39 is 33.5 Å². The predicted molar refractivity (Wildman–Crippen MR) is 135 cm³/mol. The highest BCUT2D eigenvalue weighted by molar-refractivity contribution is 8.26. The molecule has 2 amide bonds.